The molecular formula is C27H40N4O4. The van der Waals surface area contributed by atoms with E-state index in [1.165, 1.54) is 0 Å². The fourth-order valence-electron chi connectivity index (χ4n) is 5.24. The van der Waals surface area contributed by atoms with E-state index < -0.39 is 12.1 Å². The molecule has 2 heterocycles. The largest absolute Gasteiger partial charge is 0.378 e. The average molecular weight is 485 g/mol. The van der Waals surface area contributed by atoms with Gasteiger partial charge in [-0.2, -0.15) is 0 Å². The van der Waals surface area contributed by atoms with Crippen LogP contribution in [-0.2, 0) is 14.4 Å². The van der Waals surface area contributed by atoms with Crippen LogP contribution in [0.3, 0.4) is 0 Å². The molecule has 35 heavy (non-hydrogen) atoms. The zero-order valence-corrected chi connectivity index (χ0v) is 21.9. The Labute approximate surface area is 209 Å². The molecule has 8 nitrogen and oxygen atoms in total. The Kier molecular flexibility index (Phi) is 8.56. The number of nitrogens with zero attached hydrogens (tertiary/aromatic N) is 3. The lowest BCUT2D eigenvalue weighted by Gasteiger charge is -2.29. The minimum Gasteiger partial charge on any atom is -0.378 e. The van der Waals surface area contributed by atoms with Crippen molar-refractivity contribution in [1.82, 2.24) is 15.1 Å². The van der Waals surface area contributed by atoms with E-state index in [1.807, 2.05) is 58.8 Å². The minimum absolute atomic E-state index is 0.00444. The van der Waals surface area contributed by atoms with Crippen molar-refractivity contribution in [3.05, 3.63) is 29.8 Å². The van der Waals surface area contributed by atoms with Gasteiger partial charge in [0.2, 0.25) is 11.8 Å². The molecule has 0 spiro atoms. The van der Waals surface area contributed by atoms with Crippen molar-refractivity contribution in [2.24, 2.45) is 11.8 Å². The van der Waals surface area contributed by atoms with Crippen LogP contribution in [0.5, 0.6) is 0 Å². The Morgan fingerprint density at radius 2 is 1.71 bits per heavy atom. The van der Waals surface area contributed by atoms with Gasteiger partial charge in [-0.3, -0.25) is 19.2 Å². The van der Waals surface area contributed by atoms with Gasteiger partial charge in [0.25, 0.3) is 5.91 Å². The second kappa shape index (κ2) is 11.2. The summed E-state index contributed by atoms with van der Waals surface area (Å²) in [6.07, 6.45) is 2.74. The number of hydrogen-bond donors (Lipinski definition) is 1. The molecule has 2 fully saturated rings. The molecule has 1 aromatic carbocycles. The summed E-state index contributed by atoms with van der Waals surface area (Å²) in [7, 11) is 3.86. The van der Waals surface area contributed by atoms with Crippen LogP contribution in [0.4, 0.5) is 5.69 Å². The van der Waals surface area contributed by atoms with Crippen LogP contribution in [-0.4, -0.2) is 78.6 Å². The monoisotopic (exact) mass is 484 g/mol. The van der Waals surface area contributed by atoms with Crippen LogP contribution in [0.2, 0.25) is 0 Å². The van der Waals surface area contributed by atoms with E-state index in [2.05, 4.69) is 5.32 Å². The van der Waals surface area contributed by atoms with Gasteiger partial charge < -0.3 is 20.0 Å². The Balaban J connectivity index is 1.75. The van der Waals surface area contributed by atoms with E-state index in [0.717, 1.165) is 18.5 Å². The van der Waals surface area contributed by atoms with Gasteiger partial charge in [-0.15, -0.1) is 0 Å². The maximum absolute atomic E-state index is 13.6. The summed E-state index contributed by atoms with van der Waals surface area (Å²) >= 11 is 0. The highest BCUT2D eigenvalue weighted by atomic mass is 16.2. The van der Waals surface area contributed by atoms with Gasteiger partial charge >= 0.3 is 0 Å². The predicted octanol–water partition coefficient (Wildman–Crippen LogP) is 2.71. The number of benzene rings is 1. The number of fused-ring (bicyclic) bond motifs is 1. The summed E-state index contributed by atoms with van der Waals surface area (Å²) < 4.78 is 0. The zero-order valence-electron chi connectivity index (χ0n) is 21.9. The second-order valence-electron chi connectivity index (χ2n) is 10.6. The topological polar surface area (TPSA) is 90.0 Å². The number of carbonyl (C=O) groups excluding carboxylic acids is 4. The zero-order chi connectivity index (χ0) is 25.9. The number of amides is 3. The highest BCUT2D eigenvalue weighted by Gasteiger charge is 2.52. The molecule has 4 atom stereocenters. The van der Waals surface area contributed by atoms with Gasteiger partial charge in [-0.1, -0.05) is 34.1 Å². The Hall–Kier alpha value is -2.90. The van der Waals surface area contributed by atoms with Gasteiger partial charge in [0.15, 0.2) is 5.78 Å². The molecule has 8 heteroatoms. The first-order chi connectivity index (χ1) is 16.5. The van der Waals surface area contributed by atoms with Gasteiger partial charge in [0.05, 0.1) is 12.6 Å². The molecule has 3 amide bonds. The van der Waals surface area contributed by atoms with E-state index in [4.69, 9.17) is 0 Å². The van der Waals surface area contributed by atoms with Crippen molar-refractivity contribution in [1.29, 1.82) is 0 Å². The number of ketones is 1. The van der Waals surface area contributed by atoms with Crippen LogP contribution < -0.4 is 10.2 Å². The molecule has 0 radical (unpaired) electrons. The second-order valence-corrected chi connectivity index (χ2v) is 10.6. The van der Waals surface area contributed by atoms with Gasteiger partial charge in [0.1, 0.15) is 12.1 Å². The molecule has 2 aliphatic heterocycles. The summed E-state index contributed by atoms with van der Waals surface area (Å²) in [4.78, 5) is 57.8. The quantitative estimate of drug-likeness (QED) is 0.582. The lowest BCUT2D eigenvalue weighted by atomic mass is 10.0. The number of rotatable bonds is 9. The maximum Gasteiger partial charge on any atom is 0.251 e. The molecule has 0 bridgehead atoms. The molecule has 3 rings (SSSR count). The van der Waals surface area contributed by atoms with Gasteiger partial charge in [-0.25, -0.2) is 0 Å². The van der Waals surface area contributed by atoms with E-state index in [9.17, 15) is 19.2 Å². The van der Waals surface area contributed by atoms with Gasteiger partial charge in [0, 0.05) is 37.8 Å². The fraction of sp³-hybridized carbons (Fsp3) is 0.630. The number of hydrogen-bond acceptors (Lipinski definition) is 5. The van der Waals surface area contributed by atoms with Crippen molar-refractivity contribution < 1.29 is 19.2 Å². The summed E-state index contributed by atoms with van der Waals surface area (Å²) in [6, 6.07) is 5.59. The van der Waals surface area contributed by atoms with E-state index >= 15 is 0 Å². The van der Waals surface area contributed by atoms with E-state index in [-0.39, 0.29) is 47.9 Å². The molecular weight excluding hydrogens is 444 g/mol. The Morgan fingerprint density at radius 3 is 2.29 bits per heavy atom. The minimum atomic E-state index is -0.730. The first-order valence-electron chi connectivity index (χ1n) is 12.8. The highest BCUT2D eigenvalue weighted by molar-refractivity contribution is 6.01. The third kappa shape index (κ3) is 5.85. The van der Waals surface area contributed by atoms with Crippen molar-refractivity contribution in [3.8, 4) is 0 Å². The van der Waals surface area contributed by atoms with E-state index in [1.54, 1.807) is 21.9 Å². The number of Topliss-reactive ketones (excluding diaryl/α,β-unsaturated/α-hetero) is 1. The number of carbonyl (C=O) groups is 4. The average Bonchev–Trinajstić information content (AvgIpc) is 3.39. The number of likely N-dealkylation sites (tertiary alicyclic amines) is 2. The molecule has 192 valence electrons. The standard InChI is InChI=1S/C27H40N4O4/c1-7-8-18(4)26(34)31-16-23(32)24-22(31)13-14-30(24)27(35)21(15-17(2)3)28-25(33)19-9-11-20(12-10-19)29(5)6/h9-12,17-18,21-22,24H,7-8,13-16H2,1-6H3,(H,28,33)/t18?,21-,22+,24-/m0/s1. The lowest BCUT2D eigenvalue weighted by molar-refractivity contribution is -0.138. The first kappa shape index (κ1) is 26.7. The third-order valence-corrected chi connectivity index (χ3v) is 7.09. The summed E-state index contributed by atoms with van der Waals surface area (Å²) in [6.45, 7) is 8.42. The van der Waals surface area contributed by atoms with Crippen LogP contribution in [0.15, 0.2) is 24.3 Å². The SMILES string of the molecule is CCCC(C)C(=O)N1CC(=O)[C@@H]2[C@H]1CCN2C(=O)[C@H](CC(C)C)NC(=O)c1ccc(N(C)C)cc1. The lowest BCUT2D eigenvalue weighted by Crippen LogP contribution is -2.53. The van der Waals surface area contributed by atoms with Crippen LogP contribution >= 0.6 is 0 Å². The maximum atomic E-state index is 13.6. The normalized spacial score (nSPS) is 21.2. The van der Waals surface area contributed by atoms with Crippen LogP contribution in [0.1, 0.15) is 63.7 Å². The smallest absolute Gasteiger partial charge is 0.251 e. The summed E-state index contributed by atoms with van der Waals surface area (Å²) in [5.74, 6) is -0.613. The molecule has 1 aromatic rings. The predicted molar refractivity (Wildman–Crippen MR) is 136 cm³/mol. The third-order valence-electron chi connectivity index (χ3n) is 7.09. The van der Waals surface area contributed by atoms with Crippen molar-refractivity contribution in [2.75, 3.05) is 32.1 Å². The van der Waals surface area contributed by atoms with Crippen molar-refractivity contribution in [3.63, 3.8) is 0 Å². The molecule has 0 saturated carbocycles. The highest BCUT2D eigenvalue weighted by Crippen LogP contribution is 2.32. The molecule has 1 unspecified atom stereocenters. The molecule has 0 aliphatic carbocycles. The van der Waals surface area contributed by atoms with Crippen molar-refractivity contribution >= 4 is 29.2 Å². The molecule has 0 aromatic heterocycles. The fourth-order valence-corrected chi connectivity index (χ4v) is 5.24. The van der Waals surface area contributed by atoms with Gasteiger partial charge in [-0.05, 0) is 49.4 Å². The van der Waals surface area contributed by atoms with E-state index in [0.29, 0.717) is 24.9 Å². The molecule has 2 saturated heterocycles. The number of nitrogens with one attached hydrogen (secondary N) is 1. The summed E-state index contributed by atoms with van der Waals surface area (Å²) in [5, 5.41) is 2.92. The molecule has 2 aliphatic rings. The molecule has 1 N–H and O–H groups in total. The first-order valence-corrected chi connectivity index (χ1v) is 12.8. The van der Waals surface area contributed by atoms with Crippen LogP contribution in [0, 0.1) is 11.8 Å². The summed E-state index contributed by atoms with van der Waals surface area (Å²) in [5.41, 5.74) is 1.46. The van der Waals surface area contributed by atoms with Crippen LogP contribution in [0.25, 0.3) is 0 Å². The number of anilines is 1. The Morgan fingerprint density at radius 1 is 1.06 bits per heavy atom. The Bertz CT molecular complexity index is 943. The van der Waals surface area contributed by atoms with Crippen molar-refractivity contribution in [2.45, 2.75) is 71.5 Å².